The molecular weight excluding hydrogens is 242 g/mol. The summed E-state index contributed by atoms with van der Waals surface area (Å²) < 4.78 is 10.9. The molecule has 5 heteroatoms. The molecule has 2 rings (SSSR count). The van der Waals surface area contributed by atoms with Crippen molar-refractivity contribution in [2.45, 2.75) is 6.54 Å². The van der Waals surface area contributed by atoms with Crippen LogP contribution >= 0.6 is 11.6 Å². The second kappa shape index (κ2) is 5.27. The van der Waals surface area contributed by atoms with Gasteiger partial charge in [-0.2, -0.15) is 0 Å². The number of hydrogen-bond acceptors (Lipinski definition) is 3. The van der Waals surface area contributed by atoms with Gasteiger partial charge in [0.15, 0.2) is 11.5 Å². The summed E-state index contributed by atoms with van der Waals surface area (Å²) in [6, 6.07) is 5.66. The average Bonchev–Trinajstić information content (AvgIpc) is 2.59. The van der Waals surface area contributed by atoms with Crippen molar-refractivity contribution in [3.8, 4) is 11.5 Å². The van der Waals surface area contributed by atoms with E-state index in [0.29, 0.717) is 25.4 Å². The molecule has 1 aliphatic heterocycles. The Morgan fingerprint density at radius 2 is 2.41 bits per heavy atom. The number of ether oxygens (including phenoxy) is 2. The fraction of sp³-hybridized carbons (Fsp3) is 0.417. The van der Waals surface area contributed by atoms with Crippen molar-refractivity contribution in [3.05, 3.63) is 23.8 Å². The van der Waals surface area contributed by atoms with Crippen LogP contribution in [0.4, 0.5) is 0 Å². The maximum absolute atomic E-state index is 11.6. The summed E-state index contributed by atoms with van der Waals surface area (Å²) in [5.74, 6) is 1.34. The fourth-order valence-electron chi connectivity index (χ4n) is 1.85. The molecule has 0 atom stereocenters. The molecule has 0 saturated heterocycles. The topological polar surface area (TPSA) is 38.8 Å². The van der Waals surface area contributed by atoms with Crippen molar-refractivity contribution in [3.63, 3.8) is 0 Å². The number of benzene rings is 1. The summed E-state index contributed by atoms with van der Waals surface area (Å²) in [5.41, 5.74) is 0.945. The summed E-state index contributed by atoms with van der Waals surface area (Å²) in [7, 11) is 1.60. The molecule has 0 saturated carbocycles. The van der Waals surface area contributed by atoms with Crippen molar-refractivity contribution in [2.24, 2.45) is 0 Å². The number of nitrogens with zero attached hydrogens (tertiary/aromatic N) is 1. The van der Waals surface area contributed by atoms with Gasteiger partial charge < -0.3 is 14.4 Å². The Hall–Kier alpha value is -1.42. The first-order valence-corrected chi connectivity index (χ1v) is 5.92. The highest BCUT2D eigenvalue weighted by atomic mass is 35.5. The number of para-hydroxylation sites is 1. The molecular formula is C12H14ClNO3. The number of rotatable bonds is 2. The van der Waals surface area contributed by atoms with Crippen LogP contribution in [0.15, 0.2) is 18.2 Å². The van der Waals surface area contributed by atoms with Crippen LogP contribution in [-0.4, -0.2) is 36.9 Å². The number of hydrogen-bond donors (Lipinski definition) is 0. The molecule has 1 amide bonds. The standard InChI is InChI=1S/C12H14ClNO3/c1-16-10-4-2-3-9-8-14(11(15)7-13)5-6-17-12(9)10/h2-4H,5-8H2,1H3. The first-order valence-electron chi connectivity index (χ1n) is 5.38. The first-order chi connectivity index (χ1) is 8.26. The normalized spacial score (nSPS) is 14.6. The van der Waals surface area contributed by atoms with Crippen LogP contribution in [-0.2, 0) is 11.3 Å². The van der Waals surface area contributed by atoms with Gasteiger partial charge in [-0.15, -0.1) is 11.6 Å². The molecule has 0 unspecified atom stereocenters. The Bertz CT molecular complexity index is 422. The van der Waals surface area contributed by atoms with E-state index in [-0.39, 0.29) is 11.8 Å². The highest BCUT2D eigenvalue weighted by Gasteiger charge is 2.21. The molecule has 0 bridgehead atoms. The van der Waals surface area contributed by atoms with E-state index >= 15 is 0 Å². The van der Waals surface area contributed by atoms with E-state index in [4.69, 9.17) is 21.1 Å². The van der Waals surface area contributed by atoms with E-state index in [1.54, 1.807) is 12.0 Å². The van der Waals surface area contributed by atoms with E-state index in [2.05, 4.69) is 0 Å². The average molecular weight is 256 g/mol. The summed E-state index contributed by atoms with van der Waals surface area (Å²) in [6.07, 6.45) is 0. The Kier molecular flexibility index (Phi) is 3.74. The van der Waals surface area contributed by atoms with Gasteiger partial charge in [0.2, 0.25) is 5.91 Å². The van der Waals surface area contributed by atoms with E-state index in [1.807, 2.05) is 18.2 Å². The molecule has 0 aromatic heterocycles. The number of fused-ring (bicyclic) bond motifs is 1. The van der Waals surface area contributed by atoms with Gasteiger partial charge in [-0.1, -0.05) is 12.1 Å². The molecule has 0 radical (unpaired) electrons. The van der Waals surface area contributed by atoms with E-state index in [1.165, 1.54) is 0 Å². The van der Waals surface area contributed by atoms with Gasteiger partial charge in [0.05, 0.1) is 13.7 Å². The van der Waals surface area contributed by atoms with Crippen molar-refractivity contribution in [2.75, 3.05) is 26.1 Å². The second-order valence-corrected chi connectivity index (χ2v) is 4.01. The van der Waals surface area contributed by atoms with Gasteiger partial charge in [0, 0.05) is 12.1 Å². The first kappa shape index (κ1) is 12.0. The number of carbonyl (C=O) groups is 1. The number of carbonyl (C=O) groups excluding carboxylic acids is 1. The zero-order valence-electron chi connectivity index (χ0n) is 9.61. The minimum absolute atomic E-state index is 0.000693. The maximum atomic E-state index is 11.6. The van der Waals surface area contributed by atoms with Crippen molar-refractivity contribution < 1.29 is 14.3 Å². The predicted octanol–water partition coefficient (Wildman–Crippen LogP) is 1.66. The number of methoxy groups -OCH3 is 1. The van der Waals surface area contributed by atoms with Crippen molar-refractivity contribution in [1.29, 1.82) is 0 Å². The molecule has 0 aliphatic carbocycles. The summed E-state index contributed by atoms with van der Waals surface area (Å²) >= 11 is 5.57. The van der Waals surface area contributed by atoms with Gasteiger partial charge in [-0.25, -0.2) is 0 Å². The maximum Gasteiger partial charge on any atom is 0.237 e. The van der Waals surface area contributed by atoms with Crippen LogP contribution in [0.3, 0.4) is 0 Å². The van der Waals surface area contributed by atoms with Crippen molar-refractivity contribution >= 4 is 17.5 Å². The molecule has 92 valence electrons. The second-order valence-electron chi connectivity index (χ2n) is 3.75. The van der Waals surface area contributed by atoms with Crippen LogP contribution < -0.4 is 9.47 Å². The quantitative estimate of drug-likeness (QED) is 0.755. The number of alkyl halides is 1. The Balaban J connectivity index is 2.29. The lowest BCUT2D eigenvalue weighted by Crippen LogP contribution is -2.33. The molecule has 1 aromatic rings. The lowest BCUT2D eigenvalue weighted by Gasteiger charge is -2.18. The largest absolute Gasteiger partial charge is 0.493 e. The Labute approximate surface area is 105 Å². The van der Waals surface area contributed by atoms with Crippen LogP contribution in [0.25, 0.3) is 0 Å². The molecule has 0 fully saturated rings. The minimum atomic E-state index is -0.0778. The number of halogens is 1. The van der Waals surface area contributed by atoms with Crippen LogP contribution in [0.5, 0.6) is 11.5 Å². The fourth-order valence-corrected chi connectivity index (χ4v) is 2.02. The van der Waals surface area contributed by atoms with E-state index < -0.39 is 0 Å². The summed E-state index contributed by atoms with van der Waals surface area (Å²) in [6.45, 7) is 1.51. The third kappa shape index (κ3) is 2.47. The molecule has 1 aliphatic rings. The number of amides is 1. The third-order valence-electron chi connectivity index (χ3n) is 2.72. The zero-order chi connectivity index (χ0) is 12.3. The lowest BCUT2D eigenvalue weighted by molar-refractivity contribution is -0.129. The van der Waals surface area contributed by atoms with Gasteiger partial charge in [0.1, 0.15) is 12.5 Å². The lowest BCUT2D eigenvalue weighted by atomic mass is 10.1. The summed E-state index contributed by atoms with van der Waals surface area (Å²) in [5, 5.41) is 0. The van der Waals surface area contributed by atoms with Crippen molar-refractivity contribution in [1.82, 2.24) is 4.90 Å². The van der Waals surface area contributed by atoms with Gasteiger partial charge >= 0.3 is 0 Å². The summed E-state index contributed by atoms with van der Waals surface area (Å²) in [4.78, 5) is 13.3. The SMILES string of the molecule is COc1cccc2c1OCCN(C(=O)CCl)C2. The molecule has 4 nitrogen and oxygen atoms in total. The monoisotopic (exact) mass is 255 g/mol. The zero-order valence-corrected chi connectivity index (χ0v) is 10.4. The molecule has 17 heavy (non-hydrogen) atoms. The Morgan fingerprint density at radius 3 is 3.12 bits per heavy atom. The van der Waals surface area contributed by atoms with Gasteiger partial charge in [-0.3, -0.25) is 4.79 Å². The highest BCUT2D eigenvalue weighted by molar-refractivity contribution is 6.27. The highest BCUT2D eigenvalue weighted by Crippen LogP contribution is 2.33. The molecule has 1 heterocycles. The third-order valence-corrected chi connectivity index (χ3v) is 2.94. The molecule has 0 spiro atoms. The smallest absolute Gasteiger partial charge is 0.237 e. The Morgan fingerprint density at radius 1 is 1.59 bits per heavy atom. The van der Waals surface area contributed by atoms with E-state index in [9.17, 15) is 4.79 Å². The molecule has 0 N–H and O–H groups in total. The van der Waals surface area contributed by atoms with E-state index in [0.717, 1.165) is 11.3 Å². The predicted molar refractivity (Wildman–Crippen MR) is 64.6 cm³/mol. The van der Waals surface area contributed by atoms with Crippen LogP contribution in [0.1, 0.15) is 5.56 Å². The van der Waals surface area contributed by atoms with Crippen LogP contribution in [0.2, 0.25) is 0 Å². The molecule has 1 aromatic carbocycles. The van der Waals surface area contributed by atoms with Gasteiger partial charge in [-0.05, 0) is 6.07 Å². The minimum Gasteiger partial charge on any atom is -0.493 e. The van der Waals surface area contributed by atoms with Gasteiger partial charge in [0.25, 0.3) is 0 Å². The van der Waals surface area contributed by atoms with Crippen LogP contribution in [0, 0.1) is 0 Å².